The number of phenols is 2. The fraction of sp³-hybridized carbons (Fsp3) is 0.562. The average Bonchev–Trinajstić information content (AvgIpc) is 2.42. The molecule has 0 aromatic heterocycles. The quantitative estimate of drug-likeness (QED) is 0.466. The molecule has 0 spiro atoms. The minimum atomic E-state index is -0.306. The van der Waals surface area contributed by atoms with Crippen LogP contribution < -0.4 is 5.46 Å². The molecule has 2 N–H and O–H groups in total. The van der Waals surface area contributed by atoms with Crippen LogP contribution in [0, 0.1) is 5.41 Å². The van der Waals surface area contributed by atoms with Gasteiger partial charge in [0.2, 0.25) is 0 Å². The first-order valence-corrected chi connectivity index (χ1v) is 6.97. The number of carbonyl (C=O) groups is 1. The molecule has 1 aromatic carbocycles. The highest BCUT2D eigenvalue weighted by atomic mass is 16.3. The Morgan fingerprint density at radius 2 is 1.35 bits per heavy atom. The van der Waals surface area contributed by atoms with E-state index in [4.69, 9.17) is 0 Å². The van der Waals surface area contributed by atoms with Crippen molar-refractivity contribution in [1.29, 1.82) is 0 Å². The van der Waals surface area contributed by atoms with Gasteiger partial charge in [-0.15, -0.1) is 0 Å². The highest BCUT2D eigenvalue weighted by Crippen LogP contribution is 2.64. The molecular formula is C16H23BO3. The fourth-order valence-electron chi connectivity index (χ4n) is 3.80. The summed E-state index contributed by atoms with van der Waals surface area (Å²) in [6.45, 7) is 12.8. The van der Waals surface area contributed by atoms with Gasteiger partial charge in [0.05, 0.1) is 5.56 Å². The Labute approximate surface area is 121 Å². The van der Waals surface area contributed by atoms with Crippen molar-refractivity contribution in [3.63, 3.8) is 0 Å². The van der Waals surface area contributed by atoms with Crippen LogP contribution in [0.3, 0.4) is 0 Å². The van der Waals surface area contributed by atoms with Gasteiger partial charge in [0.25, 0.3) is 0 Å². The third kappa shape index (κ3) is 1.35. The molecule has 0 saturated carbocycles. The van der Waals surface area contributed by atoms with Crippen molar-refractivity contribution in [2.24, 2.45) is 5.41 Å². The number of rotatable bonds is 1. The van der Waals surface area contributed by atoms with Crippen LogP contribution in [-0.2, 0) is 10.8 Å². The summed E-state index contributed by atoms with van der Waals surface area (Å²) in [4.78, 5) is 11.3. The van der Waals surface area contributed by atoms with Crippen molar-refractivity contribution in [1.82, 2.24) is 0 Å². The average molecular weight is 274 g/mol. The second kappa shape index (κ2) is 3.81. The van der Waals surface area contributed by atoms with Crippen LogP contribution in [-0.4, -0.2) is 24.3 Å². The zero-order chi connectivity index (χ0) is 15.7. The van der Waals surface area contributed by atoms with Crippen molar-refractivity contribution < 1.29 is 15.0 Å². The molecule has 1 aromatic rings. The van der Waals surface area contributed by atoms with Crippen LogP contribution in [0.4, 0.5) is 0 Å². The van der Waals surface area contributed by atoms with E-state index in [-0.39, 0.29) is 33.3 Å². The molecule has 0 saturated heterocycles. The lowest BCUT2D eigenvalue weighted by Crippen LogP contribution is -2.43. The molecule has 0 radical (unpaired) electrons. The molecule has 108 valence electrons. The van der Waals surface area contributed by atoms with Gasteiger partial charge in [-0.25, -0.2) is 0 Å². The lowest BCUT2D eigenvalue weighted by atomic mass is 9.59. The Kier molecular flexibility index (Phi) is 2.85. The van der Waals surface area contributed by atoms with E-state index in [1.54, 1.807) is 0 Å². The summed E-state index contributed by atoms with van der Waals surface area (Å²) in [6, 6.07) is 0. The molecule has 0 heterocycles. The Morgan fingerprint density at radius 1 is 0.900 bits per heavy atom. The van der Waals surface area contributed by atoms with Crippen molar-refractivity contribution >= 4 is 19.6 Å². The van der Waals surface area contributed by atoms with Gasteiger partial charge in [0, 0.05) is 5.56 Å². The Morgan fingerprint density at radius 3 is 1.80 bits per heavy atom. The molecule has 4 heteroatoms. The van der Waals surface area contributed by atoms with Crippen molar-refractivity contribution in [2.75, 3.05) is 0 Å². The summed E-state index contributed by atoms with van der Waals surface area (Å²) in [7, 11) is 1.85. The van der Waals surface area contributed by atoms with Crippen molar-refractivity contribution in [3.05, 3.63) is 16.7 Å². The number of carbonyl (C=O) groups excluding carboxylic acids is 1. The summed E-state index contributed by atoms with van der Waals surface area (Å²) in [6.07, 6.45) is 0.624. The molecule has 20 heavy (non-hydrogen) atoms. The third-order valence-corrected chi connectivity index (χ3v) is 6.24. The van der Waals surface area contributed by atoms with Gasteiger partial charge in [0.15, 0.2) is 17.8 Å². The van der Waals surface area contributed by atoms with Gasteiger partial charge in [-0.2, -0.15) is 0 Å². The Bertz CT molecular complexity index is 613. The smallest absolute Gasteiger partial charge is 0.167 e. The molecule has 3 nitrogen and oxygen atoms in total. The van der Waals surface area contributed by atoms with Crippen molar-refractivity contribution in [3.8, 4) is 11.5 Å². The van der Waals surface area contributed by atoms with Crippen LogP contribution in [0.15, 0.2) is 0 Å². The lowest BCUT2D eigenvalue weighted by molar-refractivity contribution is 0.112. The van der Waals surface area contributed by atoms with Gasteiger partial charge < -0.3 is 10.2 Å². The predicted octanol–water partition coefficient (Wildman–Crippen LogP) is 1.76. The Balaban J connectivity index is 3.05. The van der Waals surface area contributed by atoms with E-state index in [1.807, 2.05) is 7.85 Å². The number of aldehydes is 1. The maximum atomic E-state index is 11.3. The second-order valence-electron chi connectivity index (χ2n) is 7.48. The number of hydrogen-bond donors (Lipinski definition) is 2. The first-order valence-electron chi connectivity index (χ1n) is 6.97. The number of aromatic hydroxyl groups is 2. The van der Waals surface area contributed by atoms with Gasteiger partial charge >= 0.3 is 0 Å². The van der Waals surface area contributed by atoms with Gasteiger partial charge in [-0.1, -0.05) is 47.0 Å². The zero-order valence-corrected chi connectivity index (χ0v) is 13.4. The molecule has 0 amide bonds. The molecule has 1 aliphatic rings. The molecule has 0 unspecified atom stereocenters. The Hall–Kier alpha value is -1.45. The first kappa shape index (κ1) is 15.0. The molecular weight excluding hydrogens is 251 g/mol. The summed E-state index contributed by atoms with van der Waals surface area (Å²) in [5.74, 6) is -0.436. The molecule has 0 atom stereocenters. The van der Waals surface area contributed by atoms with Crippen LogP contribution in [0.5, 0.6) is 11.5 Å². The molecule has 2 rings (SSSR count). The monoisotopic (exact) mass is 274 g/mol. The van der Waals surface area contributed by atoms with Crippen LogP contribution >= 0.6 is 0 Å². The van der Waals surface area contributed by atoms with Gasteiger partial charge in [-0.05, 0) is 21.8 Å². The highest BCUT2D eigenvalue weighted by molar-refractivity contribution is 6.37. The lowest BCUT2D eigenvalue weighted by Gasteiger charge is -2.44. The molecule has 0 fully saturated rings. The van der Waals surface area contributed by atoms with Crippen LogP contribution in [0.1, 0.15) is 63.0 Å². The minimum Gasteiger partial charge on any atom is -0.504 e. The van der Waals surface area contributed by atoms with E-state index >= 15 is 0 Å². The third-order valence-electron chi connectivity index (χ3n) is 6.24. The zero-order valence-electron chi connectivity index (χ0n) is 13.4. The van der Waals surface area contributed by atoms with E-state index in [2.05, 4.69) is 41.5 Å². The van der Waals surface area contributed by atoms with E-state index in [9.17, 15) is 15.0 Å². The number of benzene rings is 1. The SMILES string of the molecule is Bc1c(C=O)c(O)c(O)c2c1C(C)(C)C(C)(C)C2(C)C. The molecule has 0 aliphatic heterocycles. The minimum absolute atomic E-state index is 0.126. The van der Waals surface area contributed by atoms with Gasteiger partial charge in [-0.3, -0.25) is 4.79 Å². The highest BCUT2D eigenvalue weighted by Gasteiger charge is 2.59. The van der Waals surface area contributed by atoms with E-state index in [0.717, 1.165) is 16.6 Å². The normalized spacial score (nSPS) is 21.5. The predicted molar refractivity (Wildman–Crippen MR) is 83.2 cm³/mol. The van der Waals surface area contributed by atoms with Gasteiger partial charge in [0.1, 0.15) is 7.85 Å². The number of phenolic OH excluding ortho intramolecular Hbond substituents is 2. The molecule has 1 aliphatic carbocycles. The van der Waals surface area contributed by atoms with E-state index < -0.39 is 0 Å². The van der Waals surface area contributed by atoms with Crippen LogP contribution in [0.25, 0.3) is 0 Å². The second-order valence-corrected chi connectivity index (χ2v) is 7.48. The molecule has 0 bridgehead atoms. The summed E-state index contributed by atoms with van der Waals surface area (Å²) < 4.78 is 0. The summed E-state index contributed by atoms with van der Waals surface area (Å²) in [5.41, 5.74) is 2.09. The van der Waals surface area contributed by atoms with E-state index in [0.29, 0.717) is 6.29 Å². The maximum Gasteiger partial charge on any atom is 0.167 e. The largest absolute Gasteiger partial charge is 0.504 e. The van der Waals surface area contributed by atoms with Crippen molar-refractivity contribution in [2.45, 2.75) is 52.4 Å². The fourth-order valence-corrected chi connectivity index (χ4v) is 3.80. The number of hydrogen-bond acceptors (Lipinski definition) is 3. The number of fused-ring (bicyclic) bond motifs is 1. The standard InChI is InChI=1S/C16H23BO3/c1-14(2)9-10(15(3,4)16(14,5)6)13(20)12(19)8(7-18)11(9)17/h7,19-20H,17H2,1-6H3. The van der Waals surface area contributed by atoms with Crippen LogP contribution in [0.2, 0.25) is 0 Å². The summed E-state index contributed by atoms with van der Waals surface area (Å²) in [5, 5.41) is 20.6. The topological polar surface area (TPSA) is 57.5 Å². The maximum absolute atomic E-state index is 11.3. The first-order chi connectivity index (χ1) is 8.92. The van der Waals surface area contributed by atoms with E-state index in [1.165, 1.54) is 0 Å². The summed E-state index contributed by atoms with van der Waals surface area (Å²) >= 11 is 0.